The molecule has 1 spiro atoms. The Kier molecular flexibility index (Phi) is 7.13. The zero-order chi connectivity index (χ0) is 26.3. The number of piperidine rings is 1. The number of ether oxygens (including phenoxy) is 2. The van der Waals surface area contributed by atoms with Gasteiger partial charge in [0.2, 0.25) is 5.91 Å². The number of anilines is 1. The Morgan fingerprint density at radius 1 is 1.17 bits per heavy atom. The van der Waals surface area contributed by atoms with Crippen LogP contribution in [0.25, 0.3) is 10.9 Å². The number of amides is 2. The standard InChI is InChI=1S/C26H41N5O4Si/c1-25(2,3)35-24(33)29-12-10-26(11-13-29)23(32)28(4)18-30(26)21-8-9-22-20(16-21)17-27-31(22)19-34-14-15-36(5,6)7/h8-9,16-17H,10-15,18-19H2,1-7H3. The summed E-state index contributed by atoms with van der Waals surface area (Å²) in [7, 11) is 0.718. The molecular weight excluding hydrogens is 474 g/mol. The highest BCUT2D eigenvalue weighted by atomic mass is 28.3. The maximum Gasteiger partial charge on any atom is 0.410 e. The lowest BCUT2D eigenvalue weighted by molar-refractivity contribution is -0.132. The number of likely N-dealkylation sites (tertiary alicyclic amines) is 1. The van der Waals surface area contributed by atoms with E-state index in [1.165, 1.54) is 0 Å². The fourth-order valence-corrected chi connectivity index (χ4v) is 5.71. The lowest BCUT2D eigenvalue weighted by atomic mass is 9.85. The molecule has 10 heteroatoms. The number of hydrogen-bond acceptors (Lipinski definition) is 6. The topological polar surface area (TPSA) is 80.1 Å². The van der Waals surface area contributed by atoms with Crippen LogP contribution in [0.2, 0.25) is 25.7 Å². The number of carbonyl (C=O) groups is 2. The van der Waals surface area contributed by atoms with Crippen LogP contribution in [0, 0.1) is 0 Å². The highest BCUT2D eigenvalue weighted by Gasteiger charge is 2.53. The summed E-state index contributed by atoms with van der Waals surface area (Å²) in [5, 5.41) is 5.56. The van der Waals surface area contributed by atoms with Crippen molar-refractivity contribution in [3.63, 3.8) is 0 Å². The van der Waals surface area contributed by atoms with E-state index in [0.717, 1.165) is 29.2 Å². The van der Waals surface area contributed by atoms with Gasteiger partial charge in [0.25, 0.3) is 0 Å². The van der Waals surface area contributed by atoms with Crippen LogP contribution in [-0.2, 0) is 21.0 Å². The molecule has 36 heavy (non-hydrogen) atoms. The molecule has 0 aliphatic carbocycles. The maximum atomic E-state index is 13.4. The summed E-state index contributed by atoms with van der Waals surface area (Å²) >= 11 is 0. The zero-order valence-corrected chi connectivity index (χ0v) is 23.8. The van der Waals surface area contributed by atoms with E-state index in [4.69, 9.17) is 9.47 Å². The summed E-state index contributed by atoms with van der Waals surface area (Å²) in [5.74, 6) is 0.109. The van der Waals surface area contributed by atoms with Gasteiger partial charge >= 0.3 is 6.09 Å². The zero-order valence-electron chi connectivity index (χ0n) is 22.8. The van der Waals surface area contributed by atoms with Crippen molar-refractivity contribution in [2.24, 2.45) is 0 Å². The number of nitrogens with zero attached hydrogens (tertiary/aromatic N) is 5. The minimum absolute atomic E-state index is 0.109. The molecule has 4 rings (SSSR count). The van der Waals surface area contributed by atoms with E-state index in [1.807, 2.05) is 38.7 Å². The van der Waals surface area contributed by atoms with E-state index in [1.54, 1.807) is 9.80 Å². The summed E-state index contributed by atoms with van der Waals surface area (Å²) in [4.78, 5) is 31.7. The van der Waals surface area contributed by atoms with E-state index in [-0.39, 0.29) is 12.0 Å². The van der Waals surface area contributed by atoms with Crippen molar-refractivity contribution in [3.05, 3.63) is 24.4 Å². The molecule has 0 bridgehead atoms. The molecule has 0 unspecified atom stereocenters. The normalized spacial score (nSPS) is 18.5. The van der Waals surface area contributed by atoms with Gasteiger partial charge in [0.1, 0.15) is 17.9 Å². The minimum atomic E-state index is -1.13. The predicted molar refractivity (Wildman–Crippen MR) is 144 cm³/mol. The molecule has 2 saturated heterocycles. The molecule has 2 fully saturated rings. The fraction of sp³-hybridized carbons (Fsp3) is 0.654. The monoisotopic (exact) mass is 515 g/mol. The van der Waals surface area contributed by atoms with Crippen LogP contribution >= 0.6 is 0 Å². The van der Waals surface area contributed by atoms with Crippen molar-refractivity contribution in [1.82, 2.24) is 19.6 Å². The van der Waals surface area contributed by atoms with E-state index >= 15 is 0 Å². The van der Waals surface area contributed by atoms with Crippen molar-refractivity contribution in [2.45, 2.75) is 77.2 Å². The molecule has 2 aliphatic rings. The summed E-state index contributed by atoms with van der Waals surface area (Å²) in [6.07, 6.45) is 2.68. The van der Waals surface area contributed by atoms with Crippen LogP contribution < -0.4 is 4.90 Å². The first-order valence-electron chi connectivity index (χ1n) is 12.8. The molecule has 2 amide bonds. The van der Waals surface area contributed by atoms with E-state index < -0.39 is 19.2 Å². The number of rotatable bonds is 6. The number of likely N-dealkylation sites (N-methyl/N-ethyl adjacent to an activating group) is 1. The largest absolute Gasteiger partial charge is 0.444 e. The van der Waals surface area contributed by atoms with E-state index in [2.05, 4.69) is 47.8 Å². The Labute approximate surface area is 215 Å². The molecule has 1 aromatic heterocycles. The van der Waals surface area contributed by atoms with Gasteiger partial charge in [-0.2, -0.15) is 5.10 Å². The number of fused-ring (bicyclic) bond motifs is 1. The fourth-order valence-electron chi connectivity index (χ4n) is 4.96. The second-order valence-electron chi connectivity index (χ2n) is 12.3. The van der Waals surface area contributed by atoms with Gasteiger partial charge in [-0.25, -0.2) is 9.48 Å². The number of aromatic nitrogens is 2. The van der Waals surface area contributed by atoms with Gasteiger partial charge in [-0.15, -0.1) is 0 Å². The molecule has 9 nitrogen and oxygen atoms in total. The maximum absolute atomic E-state index is 13.4. The molecule has 3 heterocycles. The third-order valence-corrected chi connectivity index (χ3v) is 8.71. The summed E-state index contributed by atoms with van der Waals surface area (Å²) in [5.41, 5.74) is 0.808. The molecule has 198 valence electrons. The number of carbonyl (C=O) groups excluding carboxylic acids is 2. The number of hydrogen-bond donors (Lipinski definition) is 0. The van der Waals surface area contributed by atoms with Crippen LogP contribution in [0.1, 0.15) is 33.6 Å². The second kappa shape index (κ2) is 9.70. The van der Waals surface area contributed by atoms with Crippen LogP contribution in [0.15, 0.2) is 24.4 Å². The molecule has 0 saturated carbocycles. The van der Waals surface area contributed by atoms with Gasteiger partial charge < -0.3 is 24.2 Å². The van der Waals surface area contributed by atoms with Gasteiger partial charge in [-0.05, 0) is 57.9 Å². The first-order valence-corrected chi connectivity index (χ1v) is 16.5. The first-order chi connectivity index (χ1) is 16.8. The highest BCUT2D eigenvalue weighted by molar-refractivity contribution is 6.76. The average molecular weight is 516 g/mol. The SMILES string of the molecule is CN1CN(c2ccc3c(cnn3COCC[Si](C)(C)C)c2)C2(CCN(C(=O)OC(C)(C)C)CC2)C1=O. The summed E-state index contributed by atoms with van der Waals surface area (Å²) < 4.78 is 13.3. The predicted octanol–water partition coefficient (Wildman–Crippen LogP) is 4.35. The van der Waals surface area contributed by atoms with Crippen molar-refractivity contribution in [3.8, 4) is 0 Å². The van der Waals surface area contributed by atoms with Crippen LogP contribution in [0.5, 0.6) is 0 Å². The highest BCUT2D eigenvalue weighted by Crippen LogP contribution is 2.40. The summed E-state index contributed by atoms with van der Waals surface area (Å²) in [6.45, 7) is 15.3. The van der Waals surface area contributed by atoms with Crippen molar-refractivity contribution >= 4 is 36.7 Å². The Balaban J connectivity index is 1.49. The van der Waals surface area contributed by atoms with E-state index in [0.29, 0.717) is 39.3 Å². The van der Waals surface area contributed by atoms with Gasteiger partial charge in [0.15, 0.2) is 0 Å². The Morgan fingerprint density at radius 2 is 1.86 bits per heavy atom. The van der Waals surface area contributed by atoms with Crippen LogP contribution in [0.3, 0.4) is 0 Å². The Hall–Kier alpha value is -2.59. The molecule has 1 aromatic carbocycles. The van der Waals surface area contributed by atoms with Crippen molar-refractivity contribution in [1.29, 1.82) is 0 Å². The average Bonchev–Trinajstić information content (AvgIpc) is 3.29. The lowest BCUT2D eigenvalue weighted by Gasteiger charge is -2.43. The van der Waals surface area contributed by atoms with Gasteiger partial charge in [0, 0.05) is 45.9 Å². The van der Waals surface area contributed by atoms with E-state index in [9.17, 15) is 9.59 Å². The molecular formula is C26H41N5O4Si. The molecule has 2 aromatic rings. The second-order valence-corrected chi connectivity index (χ2v) is 17.9. The Bertz CT molecular complexity index is 1110. The third-order valence-electron chi connectivity index (χ3n) is 7.00. The van der Waals surface area contributed by atoms with Gasteiger partial charge in [-0.3, -0.25) is 4.79 Å². The number of benzene rings is 1. The quantitative estimate of drug-likeness (QED) is 0.420. The third kappa shape index (κ3) is 5.54. The van der Waals surface area contributed by atoms with Crippen LogP contribution in [-0.4, -0.2) is 84.2 Å². The van der Waals surface area contributed by atoms with Crippen LogP contribution in [0.4, 0.5) is 10.5 Å². The molecule has 0 radical (unpaired) electrons. The molecule has 0 N–H and O–H groups in total. The Morgan fingerprint density at radius 3 is 2.50 bits per heavy atom. The lowest BCUT2D eigenvalue weighted by Crippen LogP contribution is -2.57. The van der Waals surface area contributed by atoms with Crippen molar-refractivity contribution < 1.29 is 19.1 Å². The molecule has 0 atom stereocenters. The van der Waals surface area contributed by atoms with Gasteiger partial charge in [-0.1, -0.05) is 19.6 Å². The summed E-state index contributed by atoms with van der Waals surface area (Å²) in [6, 6.07) is 7.36. The minimum Gasteiger partial charge on any atom is -0.444 e. The van der Waals surface area contributed by atoms with Gasteiger partial charge in [0.05, 0.1) is 18.4 Å². The first kappa shape index (κ1) is 26.5. The molecule has 2 aliphatic heterocycles. The van der Waals surface area contributed by atoms with Crippen molar-refractivity contribution in [2.75, 3.05) is 38.3 Å². The smallest absolute Gasteiger partial charge is 0.410 e.